The van der Waals surface area contributed by atoms with Crippen LogP contribution in [-0.2, 0) is 16.1 Å². The van der Waals surface area contributed by atoms with Gasteiger partial charge in [-0.3, -0.25) is 9.79 Å². The van der Waals surface area contributed by atoms with Crippen molar-refractivity contribution in [2.24, 2.45) is 10.9 Å². The molecule has 2 rings (SSSR count). The van der Waals surface area contributed by atoms with Crippen molar-refractivity contribution >= 4 is 11.9 Å². The normalized spacial score (nSPS) is 15.2. The molecule has 8 nitrogen and oxygen atoms in total. The maximum Gasteiger partial charge on any atom is 0.309 e. The molecule has 0 bridgehead atoms. The molecule has 0 aliphatic carbocycles. The summed E-state index contributed by atoms with van der Waals surface area (Å²) >= 11 is 0. The van der Waals surface area contributed by atoms with E-state index in [1.807, 2.05) is 19.1 Å². The van der Waals surface area contributed by atoms with E-state index in [0.29, 0.717) is 30.4 Å². The lowest BCUT2D eigenvalue weighted by Gasteiger charge is -2.33. The second-order valence-corrected chi connectivity index (χ2v) is 6.43. The fraction of sp³-hybridized carbons (Fsp3) is 0.600. The van der Waals surface area contributed by atoms with Crippen LogP contribution in [0.15, 0.2) is 17.1 Å². The first kappa shape index (κ1) is 21.7. The van der Waals surface area contributed by atoms with Crippen molar-refractivity contribution in [3.63, 3.8) is 0 Å². The van der Waals surface area contributed by atoms with Crippen LogP contribution in [0.1, 0.15) is 25.3 Å². The molecular formula is C20H31N3O5. The number of nitrogens with one attached hydrogen (secondary N) is 1. The molecule has 1 aliphatic rings. The fourth-order valence-electron chi connectivity index (χ4n) is 3.32. The Morgan fingerprint density at radius 3 is 2.25 bits per heavy atom. The molecule has 0 radical (unpaired) electrons. The van der Waals surface area contributed by atoms with E-state index in [4.69, 9.17) is 18.9 Å². The number of aliphatic imine (C=N–C) groups is 1. The third-order valence-electron chi connectivity index (χ3n) is 4.85. The van der Waals surface area contributed by atoms with Gasteiger partial charge in [-0.25, -0.2) is 0 Å². The van der Waals surface area contributed by atoms with Crippen molar-refractivity contribution in [2.45, 2.75) is 26.3 Å². The molecule has 1 fully saturated rings. The molecule has 0 unspecified atom stereocenters. The summed E-state index contributed by atoms with van der Waals surface area (Å²) in [4.78, 5) is 18.5. The van der Waals surface area contributed by atoms with Crippen molar-refractivity contribution in [3.05, 3.63) is 17.7 Å². The van der Waals surface area contributed by atoms with Gasteiger partial charge < -0.3 is 29.2 Å². The first-order valence-corrected chi connectivity index (χ1v) is 9.49. The molecule has 0 aromatic heterocycles. The summed E-state index contributed by atoms with van der Waals surface area (Å²) in [7, 11) is 6.58. The van der Waals surface area contributed by atoms with Crippen LogP contribution in [0.4, 0.5) is 0 Å². The molecule has 1 saturated heterocycles. The monoisotopic (exact) mass is 393 g/mol. The number of nitrogens with zero attached hydrogens (tertiary/aromatic N) is 2. The molecule has 0 saturated carbocycles. The molecule has 1 N–H and O–H groups in total. The molecule has 1 aliphatic heterocycles. The highest BCUT2D eigenvalue weighted by Crippen LogP contribution is 2.34. The predicted octanol–water partition coefficient (Wildman–Crippen LogP) is 2.06. The van der Waals surface area contributed by atoms with Gasteiger partial charge >= 0.3 is 5.97 Å². The van der Waals surface area contributed by atoms with Gasteiger partial charge in [0.05, 0.1) is 33.9 Å². The molecule has 28 heavy (non-hydrogen) atoms. The van der Waals surface area contributed by atoms with Crippen LogP contribution >= 0.6 is 0 Å². The summed E-state index contributed by atoms with van der Waals surface area (Å²) in [5.41, 5.74) is 0.933. The second kappa shape index (κ2) is 10.6. The zero-order valence-electron chi connectivity index (χ0n) is 17.4. The number of hydrogen-bond acceptors (Lipinski definition) is 6. The third kappa shape index (κ3) is 5.21. The van der Waals surface area contributed by atoms with E-state index in [0.717, 1.165) is 37.5 Å². The van der Waals surface area contributed by atoms with Crippen LogP contribution in [-0.4, -0.2) is 64.9 Å². The van der Waals surface area contributed by atoms with Crippen molar-refractivity contribution in [1.82, 2.24) is 10.2 Å². The van der Waals surface area contributed by atoms with Crippen molar-refractivity contribution in [2.75, 3.05) is 48.1 Å². The maximum absolute atomic E-state index is 11.9. The molecule has 0 amide bonds. The van der Waals surface area contributed by atoms with Crippen LogP contribution in [0.3, 0.4) is 0 Å². The highest BCUT2D eigenvalue weighted by Gasteiger charge is 2.27. The van der Waals surface area contributed by atoms with Crippen LogP contribution in [0.5, 0.6) is 17.2 Å². The van der Waals surface area contributed by atoms with E-state index in [1.165, 1.54) is 0 Å². The Kier molecular flexibility index (Phi) is 8.22. The van der Waals surface area contributed by atoms with Crippen molar-refractivity contribution in [3.8, 4) is 17.2 Å². The van der Waals surface area contributed by atoms with Gasteiger partial charge in [-0.15, -0.1) is 0 Å². The lowest BCUT2D eigenvalue weighted by molar-refractivity contribution is -0.149. The van der Waals surface area contributed by atoms with E-state index >= 15 is 0 Å². The topological polar surface area (TPSA) is 81.6 Å². The van der Waals surface area contributed by atoms with Gasteiger partial charge in [0.15, 0.2) is 17.5 Å². The number of guanidine groups is 1. The number of ether oxygens (including phenoxy) is 4. The van der Waals surface area contributed by atoms with Gasteiger partial charge in [0.25, 0.3) is 0 Å². The van der Waals surface area contributed by atoms with Gasteiger partial charge in [0, 0.05) is 38.3 Å². The molecule has 1 heterocycles. The number of esters is 1. The Morgan fingerprint density at radius 1 is 1.11 bits per heavy atom. The largest absolute Gasteiger partial charge is 0.496 e. The number of carbonyl (C=O) groups is 1. The average Bonchev–Trinajstić information content (AvgIpc) is 2.74. The standard InChI is InChI=1S/C20H31N3O5/c1-6-28-19(24)14-7-9-23(10-8-14)20(21-2)22-13-15-11-17(26-4)18(27-5)12-16(15)25-3/h11-12,14H,6-10,13H2,1-5H3,(H,21,22). The van der Waals surface area contributed by atoms with E-state index in [-0.39, 0.29) is 11.9 Å². The molecule has 1 aromatic carbocycles. The molecule has 0 atom stereocenters. The summed E-state index contributed by atoms with van der Waals surface area (Å²) in [6.07, 6.45) is 1.53. The zero-order valence-corrected chi connectivity index (χ0v) is 17.4. The minimum absolute atomic E-state index is 0.0275. The molecule has 8 heteroatoms. The van der Waals surface area contributed by atoms with Crippen molar-refractivity contribution < 1.29 is 23.7 Å². The molecule has 1 aromatic rings. The Labute approximate surface area is 166 Å². The maximum atomic E-state index is 11.9. The van der Waals surface area contributed by atoms with E-state index in [1.54, 1.807) is 28.4 Å². The summed E-state index contributed by atoms with van der Waals surface area (Å²) in [6.45, 7) is 4.29. The quantitative estimate of drug-likeness (QED) is 0.431. The first-order chi connectivity index (χ1) is 13.6. The molecular weight excluding hydrogens is 362 g/mol. The van der Waals surface area contributed by atoms with E-state index in [2.05, 4.69) is 15.2 Å². The fourth-order valence-corrected chi connectivity index (χ4v) is 3.32. The van der Waals surface area contributed by atoms with Crippen LogP contribution < -0.4 is 19.5 Å². The number of benzene rings is 1. The third-order valence-corrected chi connectivity index (χ3v) is 4.85. The Balaban J connectivity index is 2.00. The van der Waals surface area contributed by atoms with Gasteiger partial charge in [-0.2, -0.15) is 0 Å². The smallest absolute Gasteiger partial charge is 0.309 e. The van der Waals surface area contributed by atoms with Crippen LogP contribution in [0, 0.1) is 5.92 Å². The van der Waals surface area contributed by atoms with Crippen LogP contribution in [0.2, 0.25) is 0 Å². The van der Waals surface area contributed by atoms with Crippen LogP contribution in [0.25, 0.3) is 0 Å². The summed E-state index contributed by atoms with van der Waals surface area (Å²) < 4.78 is 21.3. The number of rotatable bonds is 7. The number of likely N-dealkylation sites (tertiary alicyclic amines) is 1. The minimum atomic E-state index is -0.0971. The Morgan fingerprint density at radius 2 is 1.71 bits per heavy atom. The number of piperidine rings is 1. The SMILES string of the molecule is CCOC(=O)C1CCN(C(=NC)NCc2cc(OC)c(OC)cc2OC)CC1. The second-order valence-electron chi connectivity index (χ2n) is 6.43. The zero-order chi connectivity index (χ0) is 20.5. The average molecular weight is 393 g/mol. The highest BCUT2D eigenvalue weighted by atomic mass is 16.5. The number of methoxy groups -OCH3 is 3. The van der Waals surface area contributed by atoms with E-state index in [9.17, 15) is 4.79 Å². The highest BCUT2D eigenvalue weighted by molar-refractivity contribution is 5.80. The molecule has 0 spiro atoms. The lowest BCUT2D eigenvalue weighted by atomic mass is 9.97. The summed E-state index contributed by atoms with van der Waals surface area (Å²) in [5.74, 6) is 2.64. The minimum Gasteiger partial charge on any atom is -0.496 e. The first-order valence-electron chi connectivity index (χ1n) is 9.49. The summed E-state index contributed by atoms with van der Waals surface area (Å²) in [5, 5.41) is 3.37. The van der Waals surface area contributed by atoms with E-state index < -0.39 is 0 Å². The van der Waals surface area contributed by atoms with Gasteiger partial charge in [0.2, 0.25) is 0 Å². The Hall–Kier alpha value is -2.64. The van der Waals surface area contributed by atoms with Gasteiger partial charge in [-0.05, 0) is 25.8 Å². The van der Waals surface area contributed by atoms with Gasteiger partial charge in [-0.1, -0.05) is 0 Å². The summed E-state index contributed by atoms with van der Waals surface area (Å²) in [6, 6.07) is 3.70. The Bertz CT molecular complexity index is 685. The molecule has 156 valence electrons. The number of carbonyl (C=O) groups excluding carboxylic acids is 1. The number of hydrogen-bond donors (Lipinski definition) is 1. The predicted molar refractivity (Wildman–Crippen MR) is 107 cm³/mol. The lowest BCUT2D eigenvalue weighted by Crippen LogP contribution is -2.46. The van der Waals surface area contributed by atoms with Gasteiger partial charge in [0.1, 0.15) is 5.75 Å². The van der Waals surface area contributed by atoms with Crippen molar-refractivity contribution in [1.29, 1.82) is 0 Å².